The lowest BCUT2D eigenvalue weighted by Crippen LogP contribution is -2.40. The predicted octanol–water partition coefficient (Wildman–Crippen LogP) is 3.52. The van der Waals surface area contributed by atoms with Gasteiger partial charge in [-0.05, 0) is 61.7 Å². The molecule has 1 atom stereocenters. The SMILES string of the molecule is CCCOc1ccc(/C=c2\sc3n(c2=O)[C@@H](c2ccc(OC(C)=O)c(OC)c2)C(C(=O)OCC)=C(C)N=3)cc1. The fourth-order valence-corrected chi connectivity index (χ4v) is 5.28. The molecule has 0 bridgehead atoms. The highest BCUT2D eigenvalue weighted by Gasteiger charge is 2.34. The number of ether oxygens (including phenoxy) is 4. The van der Waals surface area contributed by atoms with E-state index in [0.717, 1.165) is 17.7 Å². The fraction of sp³-hybridized carbons (Fsp3) is 0.310. The van der Waals surface area contributed by atoms with E-state index in [-0.39, 0.29) is 29.2 Å². The minimum atomic E-state index is -0.826. The van der Waals surface area contributed by atoms with Gasteiger partial charge < -0.3 is 18.9 Å². The molecule has 0 aliphatic carbocycles. The van der Waals surface area contributed by atoms with E-state index in [1.807, 2.05) is 31.2 Å². The maximum Gasteiger partial charge on any atom is 0.338 e. The van der Waals surface area contributed by atoms with Crippen LogP contribution in [0.2, 0.25) is 0 Å². The van der Waals surface area contributed by atoms with Crippen LogP contribution in [0.3, 0.4) is 0 Å². The second-order valence-electron chi connectivity index (χ2n) is 8.72. The average molecular weight is 551 g/mol. The van der Waals surface area contributed by atoms with Gasteiger partial charge in [0.15, 0.2) is 16.3 Å². The van der Waals surface area contributed by atoms with Gasteiger partial charge in [-0.15, -0.1) is 0 Å². The molecule has 0 amide bonds. The molecule has 10 heteroatoms. The van der Waals surface area contributed by atoms with Gasteiger partial charge >= 0.3 is 11.9 Å². The van der Waals surface area contributed by atoms with Crippen molar-refractivity contribution in [2.24, 2.45) is 4.99 Å². The van der Waals surface area contributed by atoms with Crippen molar-refractivity contribution in [2.75, 3.05) is 20.3 Å². The van der Waals surface area contributed by atoms with Gasteiger partial charge in [-0.3, -0.25) is 14.2 Å². The van der Waals surface area contributed by atoms with Gasteiger partial charge in [-0.1, -0.05) is 36.5 Å². The minimum Gasteiger partial charge on any atom is -0.494 e. The third kappa shape index (κ3) is 5.96. The Morgan fingerprint density at radius 1 is 1.10 bits per heavy atom. The van der Waals surface area contributed by atoms with Gasteiger partial charge in [0.1, 0.15) is 5.75 Å². The van der Waals surface area contributed by atoms with Gasteiger partial charge in [0.05, 0.1) is 42.2 Å². The second-order valence-corrected chi connectivity index (χ2v) is 9.73. The van der Waals surface area contributed by atoms with Crippen molar-refractivity contribution in [1.29, 1.82) is 0 Å². The maximum atomic E-state index is 13.8. The first-order chi connectivity index (χ1) is 18.8. The molecule has 1 aromatic heterocycles. The first-order valence-corrected chi connectivity index (χ1v) is 13.4. The average Bonchev–Trinajstić information content (AvgIpc) is 3.21. The zero-order valence-electron chi connectivity index (χ0n) is 22.5. The molecular formula is C29H30N2O7S. The van der Waals surface area contributed by atoms with Gasteiger partial charge in [0, 0.05) is 6.92 Å². The molecule has 39 heavy (non-hydrogen) atoms. The summed E-state index contributed by atoms with van der Waals surface area (Å²) in [4.78, 5) is 43.5. The summed E-state index contributed by atoms with van der Waals surface area (Å²) in [6.07, 6.45) is 2.70. The standard InChI is InChI=1S/C29H30N2O7S/c1-6-14-37-21-11-8-19(9-12-21)15-24-27(33)31-26(20-10-13-22(38-18(4)32)23(16-20)35-5)25(28(34)36-7-2)17(3)30-29(31)39-24/h8-13,15-16,26H,6-7,14H2,1-5H3/b24-15-/t26-/m0/s1. The predicted molar refractivity (Wildman–Crippen MR) is 147 cm³/mol. The van der Waals surface area contributed by atoms with Crippen LogP contribution in [-0.4, -0.2) is 36.8 Å². The van der Waals surface area contributed by atoms with Crippen LogP contribution in [0.15, 0.2) is 63.5 Å². The number of thiazole rings is 1. The molecule has 2 heterocycles. The summed E-state index contributed by atoms with van der Waals surface area (Å²) in [6, 6.07) is 11.6. The van der Waals surface area contributed by atoms with E-state index < -0.39 is 18.0 Å². The van der Waals surface area contributed by atoms with Crippen LogP contribution >= 0.6 is 11.3 Å². The number of benzene rings is 2. The van der Waals surface area contributed by atoms with Crippen LogP contribution in [0.1, 0.15) is 51.3 Å². The number of methoxy groups -OCH3 is 1. The van der Waals surface area contributed by atoms with Crippen molar-refractivity contribution in [3.05, 3.63) is 84.5 Å². The first-order valence-electron chi connectivity index (χ1n) is 12.6. The molecule has 0 spiro atoms. The monoisotopic (exact) mass is 550 g/mol. The molecule has 0 radical (unpaired) electrons. The Kier molecular flexibility index (Phi) is 8.65. The smallest absolute Gasteiger partial charge is 0.338 e. The molecule has 2 aromatic carbocycles. The zero-order chi connectivity index (χ0) is 28.1. The van der Waals surface area contributed by atoms with E-state index in [4.69, 9.17) is 18.9 Å². The number of hydrogen-bond acceptors (Lipinski definition) is 9. The zero-order valence-corrected chi connectivity index (χ0v) is 23.3. The van der Waals surface area contributed by atoms with Gasteiger partial charge in [-0.2, -0.15) is 0 Å². The Morgan fingerprint density at radius 3 is 2.49 bits per heavy atom. The Bertz CT molecular complexity index is 1600. The summed E-state index contributed by atoms with van der Waals surface area (Å²) in [5.74, 6) is 0.209. The van der Waals surface area contributed by atoms with E-state index >= 15 is 0 Å². The number of rotatable bonds is 9. The van der Waals surface area contributed by atoms with Gasteiger partial charge in [0.2, 0.25) is 0 Å². The Hall–Kier alpha value is -4.18. The number of carbonyl (C=O) groups excluding carboxylic acids is 2. The van der Waals surface area contributed by atoms with Gasteiger partial charge in [0.25, 0.3) is 5.56 Å². The van der Waals surface area contributed by atoms with Gasteiger partial charge in [-0.25, -0.2) is 9.79 Å². The lowest BCUT2D eigenvalue weighted by atomic mass is 9.95. The van der Waals surface area contributed by atoms with Crippen LogP contribution in [0.4, 0.5) is 0 Å². The summed E-state index contributed by atoms with van der Waals surface area (Å²) in [6.45, 7) is 7.57. The number of aromatic nitrogens is 1. The Balaban J connectivity index is 1.86. The minimum absolute atomic E-state index is 0.166. The topological polar surface area (TPSA) is 105 Å². The molecule has 204 valence electrons. The molecule has 0 fully saturated rings. The van der Waals surface area contributed by atoms with Crippen LogP contribution in [-0.2, 0) is 14.3 Å². The molecule has 0 unspecified atom stereocenters. The van der Waals surface area contributed by atoms with E-state index in [0.29, 0.717) is 27.2 Å². The number of nitrogens with zero attached hydrogens (tertiary/aromatic N) is 2. The lowest BCUT2D eigenvalue weighted by Gasteiger charge is -2.25. The highest BCUT2D eigenvalue weighted by Crippen LogP contribution is 2.36. The van der Waals surface area contributed by atoms with E-state index in [1.165, 1.54) is 29.9 Å². The number of esters is 2. The van der Waals surface area contributed by atoms with E-state index in [9.17, 15) is 14.4 Å². The summed E-state index contributed by atoms with van der Waals surface area (Å²) in [5, 5.41) is 0. The van der Waals surface area contributed by atoms with Crippen LogP contribution in [0.25, 0.3) is 6.08 Å². The van der Waals surface area contributed by atoms with Crippen molar-refractivity contribution >= 4 is 29.4 Å². The van der Waals surface area contributed by atoms with Crippen molar-refractivity contribution in [1.82, 2.24) is 4.57 Å². The number of hydrogen-bond donors (Lipinski definition) is 0. The highest BCUT2D eigenvalue weighted by atomic mass is 32.1. The summed E-state index contributed by atoms with van der Waals surface area (Å²) in [5.41, 5.74) is 1.80. The van der Waals surface area contributed by atoms with Crippen LogP contribution < -0.4 is 29.1 Å². The molecular weight excluding hydrogens is 520 g/mol. The molecule has 4 rings (SSSR count). The third-order valence-electron chi connectivity index (χ3n) is 5.92. The van der Waals surface area contributed by atoms with E-state index in [2.05, 4.69) is 4.99 Å². The Labute approximate surface area is 229 Å². The molecule has 1 aliphatic rings. The lowest BCUT2D eigenvalue weighted by molar-refractivity contribution is -0.139. The number of fused-ring (bicyclic) bond motifs is 1. The normalized spacial score (nSPS) is 14.9. The van der Waals surface area contributed by atoms with Crippen LogP contribution in [0, 0.1) is 0 Å². The molecule has 0 N–H and O–H groups in total. The maximum absolute atomic E-state index is 13.8. The Morgan fingerprint density at radius 2 is 1.85 bits per heavy atom. The number of allylic oxidation sites excluding steroid dienone is 1. The van der Waals surface area contributed by atoms with Crippen LogP contribution in [0.5, 0.6) is 17.2 Å². The number of carbonyl (C=O) groups is 2. The molecule has 9 nitrogen and oxygen atoms in total. The third-order valence-corrected chi connectivity index (χ3v) is 6.91. The van der Waals surface area contributed by atoms with Crippen molar-refractivity contribution in [3.63, 3.8) is 0 Å². The van der Waals surface area contributed by atoms with Crippen molar-refractivity contribution in [3.8, 4) is 17.2 Å². The molecule has 1 aliphatic heterocycles. The summed E-state index contributed by atoms with van der Waals surface area (Å²) < 4.78 is 23.6. The highest BCUT2D eigenvalue weighted by molar-refractivity contribution is 7.07. The first kappa shape index (κ1) is 27.8. The molecule has 0 saturated carbocycles. The summed E-state index contributed by atoms with van der Waals surface area (Å²) >= 11 is 1.24. The van der Waals surface area contributed by atoms with E-state index in [1.54, 1.807) is 38.1 Å². The summed E-state index contributed by atoms with van der Waals surface area (Å²) in [7, 11) is 1.45. The van der Waals surface area contributed by atoms with Crippen molar-refractivity contribution < 1.29 is 28.5 Å². The quantitative estimate of drug-likeness (QED) is 0.297. The molecule has 0 saturated heterocycles. The fourth-order valence-electron chi connectivity index (χ4n) is 4.23. The van der Waals surface area contributed by atoms with Crippen molar-refractivity contribution in [2.45, 2.75) is 40.2 Å². The second kappa shape index (κ2) is 12.1. The largest absolute Gasteiger partial charge is 0.494 e. The molecule has 3 aromatic rings.